The number of methoxy groups -OCH3 is 2. The second-order valence-electron chi connectivity index (χ2n) is 5.48. The highest BCUT2D eigenvalue weighted by atomic mass is 16.5. The van der Waals surface area contributed by atoms with Crippen LogP contribution in [-0.4, -0.2) is 35.2 Å². The van der Waals surface area contributed by atoms with Crippen LogP contribution in [0.1, 0.15) is 15.9 Å². The maximum Gasteiger partial charge on any atom is 0.193 e. The van der Waals surface area contributed by atoms with Gasteiger partial charge in [0.05, 0.1) is 14.2 Å². The number of hydrogen-bond acceptors (Lipinski definition) is 6. The molecule has 6 heteroatoms. The molecule has 1 heterocycles. The zero-order valence-electron chi connectivity index (χ0n) is 14.3. The number of allylic oxidation sites excluding steroid dienone is 1. The quantitative estimate of drug-likeness (QED) is 0.540. The van der Waals surface area contributed by atoms with Gasteiger partial charge >= 0.3 is 0 Å². The van der Waals surface area contributed by atoms with Crippen LogP contribution in [0.4, 0.5) is 0 Å². The summed E-state index contributed by atoms with van der Waals surface area (Å²) in [5, 5.41) is 20.6. The Hall–Kier alpha value is -3.54. The van der Waals surface area contributed by atoms with Crippen molar-refractivity contribution in [1.29, 1.82) is 0 Å². The minimum atomic E-state index is -0.466. The number of pyridine rings is 1. The summed E-state index contributed by atoms with van der Waals surface area (Å²) in [6.07, 6.45) is 4.40. The molecule has 0 amide bonds. The van der Waals surface area contributed by atoms with E-state index >= 15 is 0 Å². The summed E-state index contributed by atoms with van der Waals surface area (Å²) < 4.78 is 10.6. The highest BCUT2D eigenvalue weighted by molar-refractivity contribution is 6.15. The summed E-state index contributed by atoms with van der Waals surface area (Å²) in [6.45, 7) is 0. The zero-order chi connectivity index (χ0) is 18.7. The highest BCUT2D eigenvalue weighted by Gasteiger charge is 2.24. The second-order valence-corrected chi connectivity index (χ2v) is 5.48. The van der Waals surface area contributed by atoms with Crippen molar-refractivity contribution in [2.75, 3.05) is 14.2 Å². The molecule has 3 rings (SSSR count). The Balaban J connectivity index is 2.14. The van der Waals surface area contributed by atoms with E-state index in [4.69, 9.17) is 9.47 Å². The van der Waals surface area contributed by atoms with Crippen molar-refractivity contribution in [2.45, 2.75) is 0 Å². The number of aromatic hydroxyl groups is 2. The van der Waals surface area contributed by atoms with E-state index in [1.165, 1.54) is 32.4 Å². The summed E-state index contributed by atoms with van der Waals surface area (Å²) in [5.74, 6) is -0.376. The Morgan fingerprint density at radius 2 is 1.85 bits per heavy atom. The van der Waals surface area contributed by atoms with Crippen molar-refractivity contribution in [3.8, 4) is 23.0 Å². The lowest BCUT2D eigenvalue weighted by molar-refractivity contribution is 0.104. The van der Waals surface area contributed by atoms with Gasteiger partial charge in [0.15, 0.2) is 17.3 Å². The lowest BCUT2D eigenvalue weighted by atomic mass is 10.0. The fourth-order valence-corrected chi connectivity index (χ4v) is 2.76. The van der Waals surface area contributed by atoms with Gasteiger partial charge < -0.3 is 19.7 Å². The molecule has 0 unspecified atom stereocenters. The Bertz CT molecular complexity index is 1010. The molecule has 0 bridgehead atoms. The number of benzene rings is 2. The van der Waals surface area contributed by atoms with Crippen molar-refractivity contribution in [2.24, 2.45) is 0 Å². The van der Waals surface area contributed by atoms with Crippen LogP contribution in [-0.2, 0) is 0 Å². The number of nitrogens with zero attached hydrogens (tertiary/aromatic N) is 1. The molecular formula is C20H17NO5. The molecule has 3 aromatic rings. The molecular weight excluding hydrogens is 334 g/mol. The topological polar surface area (TPSA) is 88.9 Å². The maximum absolute atomic E-state index is 12.8. The molecule has 0 spiro atoms. The summed E-state index contributed by atoms with van der Waals surface area (Å²) in [6, 6.07) is 9.91. The van der Waals surface area contributed by atoms with E-state index < -0.39 is 5.78 Å². The number of ketones is 1. The first kappa shape index (κ1) is 17.3. The predicted molar refractivity (Wildman–Crippen MR) is 98.0 cm³/mol. The SMILES string of the molecule is COc1c(C(=O)/C=C/c2cccc(O)c2)c(O)c(OC)c2ncccc12. The first-order valence-electron chi connectivity index (χ1n) is 7.80. The molecule has 2 N–H and O–H groups in total. The van der Waals surface area contributed by atoms with Gasteiger partial charge in [0.2, 0.25) is 0 Å². The third-order valence-corrected chi connectivity index (χ3v) is 3.90. The number of phenolic OH excluding ortho intramolecular Hbond substituents is 2. The van der Waals surface area contributed by atoms with Crippen LogP contribution in [0, 0.1) is 0 Å². The van der Waals surface area contributed by atoms with E-state index in [1.54, 1.807) is 36.5 Å². The molecule has 26 heavy (non-hydrogen) atoms. The van der Waals surface area contributed by atoms with E-state index in [9.17, 15) is 15.0 Å². The highest BCUT2D eigenvalue weighted by Crippen LogP contribution is 2.44. The fourth-order valence-electron chi connectivity index (χ4n) is 2.76. The third kappa shape index (κ3) is 3.04. The van der Waals surface area contributed by atoms with Crippen LogP contribution < -0.4 is 9.47 Å². The molecule has 0 radical (unpaired) electrons. The summed E-state index contributed by atoms with van der Waals surface area (Å²) >= 11 is 0. The Kier molecular flexibility index (Phi) is 4.75. The van der Waals surface area contributed by atoms with Crippen molar-refractivity contribution < 1.29 is 24.5 Å². The first-order valence-corrected chi connectivity index (χ1v) is 7.80. The number of ether oxygens (including phenoxy) is 2. The van der Waals surface area contributed by atoms with Crippen LogP contribution in [0.2, 0.25) is 0 Å². The Morgan fingerprint density at radius 1 is 1.08 bits per heavy atom. The summed E-state index contributed by atoms with van der Waals surface area (Å²) in [5.41, 5.74) is 1.03. The monoisotopic (exact) mass is 351 g/mol. The second kappa shape index (κ2) is 7.14. The number of fused-ring (bicyclic) bond motifs is 1. The predicted octanol–water partition coefficient (Wildman–Crippen LogP) is 3.56. The number of rotatable bonds is 5. The summed E-state index contributed by atoms with van der Waals surface area (Å²) in [4.78, 5) is 17.0. The van der Waals surface area contributed by atoms with Crippen LogP contribution >= 0.6 is 0 Å². The fraction of sp³-hybridized carbons (Fsp3) is 0.100. The molecule has 0 atom stereocenters. The average molecular weight is 351 g/mol. The first-order chi connectivity index (χ1) is 12.6. The van der Waals surface area contributed by atoms with Gasteiger partial charge in [-0.1, -0.05) is 18.2 Å². The van der Waals surface area contributed by atoms with Gasteiger partial charge in [0.1, 0.15) is 22.6 Å². The van der Waals surface area contributed by atoms with E-state index in [-0.39, 0.29) is 28.6 Å². The molecule has 132 valence electrons. The third-order valence-electron chi connectivity index (χ3n) is 3.90. The smallest absolute Gasteiger partial charge is 0.193 e. The molecule has 0 saturated carbocycles. The number of hydrogen-bond donors (Lipinski definition) is 2. The summed E-state index contributed by atoms with van der Waals surface area (Å²) in [7, 11) is 2.82. The lowest BCUT2D eigenvalue weighted by Crippen LogP contribution is -2.03. The van der Waals surface area contributed by atoms with E-state index in [0.717, 1.165) is 0 Å². The molecule has 0 aliphatic heterocycles. The van der Waals surface area contributed by atoms with Crippen molar-refractivity contribution in [3.05, 3.63) is 59.8 Å². The molecule has 0 aliphatic rings. The van der Waals surface area contributed by atoms with Crippen LogP contribution in [0.5, 0.6) is 23.0 Å². The maximum atomic E-state index is 12.8. The molecule has 0 aliphatic carbocycles. The van der Waals surface area contributed by atoms with E-state index in [2.05, 4.69) is 4.98 Å². The van der Waals surface area contributed by atoms with Crippen molar-refractivity contribution in [3.63, 3.8) is 0 Å². The van der Waals surface area contributed by atoms with Crippen LogP contribution in [0.15, 0.2) is 48.7 Å². The normalized spacial score (nSPS) is 11.0. The minimum absolute atomic E-state index is 0.0127. The van der Waals surface area contributed by atoms with E-state index in [0.29, 0.717) is 16.5 Å². The van der Waals surface area contributed by atoms with E-state index in [1.807, 2.05) is 0 Å². The van der Waals surface area contributed by atoms with Crippen molar-refractivity contribution >= 4 is 22.8 Å². The van der Waals surface area contributed by atoms with Crippen LogP contribution in [0.25, 0.3) is 17.0 Å². The largest absolute Gasteiger partial charge is 0.508 e. The molecule has 2 aromatic carbocycles. The number of carbonyl (C=O) groups is 1. The van der Waals surface area contributed by atoms with Gasteiger partial charge in [0, 0.05) is 11.6 Å². The Morgan fingerprint density at radius 3 is 2.54 bits per heavy atom. The van der Waals surface area contributed by atoms with Gasteiger partial charge in [-0.3, -0.25) is 9.78 Å². The van der Waals surface area contributed by atoms with Crippen LogP contribution in [0.3, 0.4) is 0 Å². The Labute approximate surface area is 150 Å². The molecule has 1 aromatic heterocycles. The number of carbonyl (C=O) groups excluding carboxylic acids is 1. The lowest BCUT2D eigenvalue weighted by Gasteiger charge is -2.15. The van der Waals surface area contributed by atoms with Gasteiger partial charge in [-0.25, -0.2) is 0 Å². The van der Waals surface area contributed by atoms with Gasteiger partial charge in [-0.2, -0.15) is 0 Å². The standard InChI is InChI=1S/C20H17NO5/c1-25-19-14-7-4-10-21-17(14)20(26-2)18(24)16(19)15(23)9-8-12-5-3-6-13(22)11-12/h3-11,22,24H,1-2H3/b9-8+. The molecule has 0 fully saturated rings. The number of phenols is 2. The zero-order valence-corrected chi connectivity index (χ0v) is 14.3. The number of aromatic nitrogens is 1. The van der Waals surface area contributed by atoms with Gasteiger partial charge in [0.25, 0.3) is 0 Å². The molecule has 6 nitrogen and oxygen atoms in total. The minimum Gasteiger partial charge on any atom is -0.508 e. The average Bonchev–Trinajstić information content (AvgIpc) is 2.65. The van der Waals surface area contributed by atoms with Crippen molar-refractivity contribution in [1.82, 2.24) is 4.98 Å². The van der Waals surface area contributed by atoms with Gasteiger partial charge in [-0.15, -0.1) is 0 Å². The van der Waals surface area contributed by atoms with Gasteiger partial charge in [-0.05, 0) is 35.9 Å². The molecule has 0 saturated heterocycles.